The van der Waals surface area contributed by atoms with Crippen molar-refractivity contribution in [1.82, 2.24) is 21.3 Å². The minimum absolute atomic E-state index is 0.296. The van der Waals surface area contributed by atoms with E-state index in [4.69, 9.17) is 0 Å². The van der Waals surface area contributed by atoms with Gasteiger partial charge in [0.1, 0.15) is 12.6 Å². The summed E-state index contributed by atoms with van der Waals surface area (Å²) in [7, 11) is 1.19. The van der Waals surface area contributed by atoms with Crippen LogP contribution in [0.2, 0.25) is 0 Å². The van der Waals surface area contributed by atoms with Gasteiger partial charge in [-0.15, -0.1) is 0 Å². The number of hydrogen-bond donors (Lipinski definition) is 4. The van der Waals surface area contributed by atoms with Crippen LogP contribution >= 0.6 is 11.8 Å². The van der Waals surface area contributed by atoms with Crippen LogP contribution < -0.4 is 21.3 Å². The zero-order valence-electron chi connectivity index (χ0n) is 16.5. The SMILES string of the molecule is CC.COC(=O)CNC(=O)CNC(=O)CNC(=O)C(CCSC)NC(C)=O. The van der Waals surface area contributed by atoms with Crippen LogP contribution in [0.15, 0.2) is 0 Å². The average molecular weight is 407 g/mol. The second-order valence-corrected chi connectivity index (χ2v) is 5.87. The second-order valence-electron chi connectivity index (χ2n) is 4.88. The third-order valence-electron chi connectivity index (χ3n) is 2.83. The largest absolute Gasteiger partial charge is 0.468 e. The van der Waals surface area contributed by atoms with E-state index in [9.17, 15) is 24.0 Å². The number of methoxy groups -OCH3 is 1. The Labute approximate surface area is 163 Å². The summed E-state index contributed by atoms with van der Waals surface area (Å²) >= 11 is 1.53. The molecule has 0 aliphatic carbocycles. The Kier molecular flexibility index (Phi) is 17.1. The van der Waals surface area contributed by atoms with Gasteiger partial charge in [0.15, 0.2) is 0 Å². The molecule has 0 heterocycles. The van der Waals surface area contributed by atoms with Gasteiger partial charge in [-0.2, -0.15) is 11.8 Å². The van der Waals surface area contributed by atoms with Gasteiger partial charge in [0.25, 0.3) is 0 Å². The summed E-state index contributed by atoms with van der Waals surface area (Å²) < 4.78 is 4.35. The number of amides is 4. The van der Waals surface area contributed by atoms with Crippen molar-refractivity contribution < 1.29 is 28.7 Å². The molecule has 0 saturated carbocycles. The number of carbonyl (C=O) groups excluding carboxylic acids is 5. The fraction of sp³-hybridized carbons (Fsp3) is 0.688. The highest BCUT2D eigenvalue weighted by molar-refractivity contribution is 7.98. The third-order valence-corrected chi connectivity index (χ3v) is 3.48. The van der Waals surface area contributed by atoms with Crippen LogP contribution in [0.4, 0.5) is 0 Å². The van der Waals surface area contributed by atoms with E-state index >= 15 is 0 Å². The van der Waals surface area contributed by atoms with Crippen molar-refractivity contribution >= 4 is 41.4 Å². The fourth-order valence-corrected chi connectivity index (χ4v) is 2.06. The molecule has 0 rings (SSSR count). The highest BCUT2D eigenvalue weighted by Crippen LogP contribution is 2.01. The fourth-order valence-electron chi connectivity index (χ4n) is 1.59. The third kappa shape index (κ3) is 15.7. The van der Waals surface area contributed by atoms with E-state index in [0.29, 0.717) is 12.2 Å². The van der Waals surface area contributed by atoms with Crippen molar-refractivity contribution in [3.8, 4) is 0 Å². The van der Waals surface area contributed by atoms with Gasteiger partial charge in [-0.1, -0.05) is 13.8 Å². The number of nitrogens with one attached hydrogen (secondary N) is 4. The van der Waals surface area contributed by atoms with Gasteiger partial charge in [-0.05, 0) is 18.4 Å². The van der Waals surface area contributed by atoms with E-state index in [0.717, 1.165) is 0 Å². The quantitative estimate of drug-likeness (QED) is 0.315. The molecule has 1 unspecified atom stereocenters. The molecule has 4 amide bonds. The average Bonchev–Trinajstić information content (AvgIpc) is 2.66. The van der Waals surface area contributed by atoms with E-state index in [2.05, 4.69) is 26.0 Å². The molecule has 0 bridgehead atoms. The molecule has 0 aromatic rings. The molecule has 156 valence electrons. The first kappa shape index (κ1) is 26.9. The molecule has 0 aliphatic heterocycles. The summed E-state index contributed by atoms with van der Waals surface area (Å²) in [5.74, 6) is -1.90. The van der Waals surface area contributed by atoms with Gasteiger partial charge >= 0.3 is 5.97 Å². The molecule has 1 atom stereocenters. The van der Waals surface area contributed by atoms with E-state index in [1.54, 1.807) is 0 Å². The molecule has 0 aromatic heterocycles. The summed E-state index contributed by atoms with van der Waals surface area (Å²) in [4.78, 5) is 56.9. The lowest BCUT2D eigenvalue weighted by Crippen LogP contribution is -2.49. The standard InChI is InChI=1S/C14H24N4O6S.C2H6/c1-9(19)18-10(4-5-25-3)14(23)17-7-12(21)15-6-11(20)16-8-13(22)24-2;1-2/h10H,4-8H2,1-3H3,(H,15,21)(H,16,20)(H,17,23)(H,18,19);1-2H3. The van der Waals surface area contributed by atoms with E-state index < -0.39 is 29.7 Å². The summed E-state index contributed by atoms with van der Waals surface area (Å²) in [5, 5.41) is 9.46. The molecular formula is C16H30N4O6S. The number of rotatable bonds is 11. The van der Waals surface area contributed by atoms with Gasteiger partial charge in [-0.25, -0.2) is 0 Å². The van der Waals surface area contributed by atoms with Crippen molar-refractivity contribution in [3.63, 3.8) is 0 Å². The van der Waals surface area contributed by atoms with Crippen LogP contribution in [0, 0.1) is 0 Å². The lowest BCUT2D eigenvalue weighted by molar-refractivity contribution is -0.141. The first-order valence-electron chi connectivity index (χ1n) is 8.44. The van der Waals surface area contributed by atoms with Crippen molar-refractivity contribution in [2.45, 2.75) is 33.2 Å². The predicted molar refractivity (Wildman–Crippen MR) is 103 cm³/mol. The summed E-state index contributed by atoms with van der Waals surface area (Å²) in [6.45, 7) is 4.33. The van der Waals surface area contributed by atoms with Crippen LogP contribution in [-0.2, 0) is 28.7 Å². The topological polar surface area (TPSA) is 143 Å². The highest BCUT2D eigenvalue weighted by atomic mass is 32.2. The lowest BCUT2D eigenvalue weighted by atomic mass is 10.2. The Morgan fingerprint density at radius 2 is 1.44 bits per heavy atom. The Morgan fingerprint density at radius 3 is 1.93 bits per heavy atom. The van der Waals surface area contributed by atoms with Gasteiger partial charge in [0, 0.05) is 6.92 Å². The summed E-state index contributed by atoms with van der Waals surface area (Å²) in [5.41, 5.74) is 0. The Morgan fingerprint density at radius 1 is 0.926 bits per heavy atom. The smallest absolute Gasteiger partial charge is 0.325 e. The number of thioether (sulfide) groups is 1. The van der Waals surface area contributed by atoms with Crippen LogP contribution in [0.25, 0.3) is 0 Å². The molecule has 0 aromatic carbocycles. The minimum atomic E-state index is -0.721. The zero-order valence-corrected chi connectivity index (χ0v) is 17.3. The van der Waals surface area contributed by atoms with Gasteiger partial charge < -0.3 is 26.0 Å². The Hall–Kier alpha value is -2.30. The maximum Gasteiger partial charge on any atom is 0.325 e. The number of esters is 1. The molecule has 0 fully saturated rings. The Bertz CT molecular complexity index is 501. The number of carbonyl (C=O) groups is 5. The molecule has 10 nitrogen and oxygen atoms in total. The van der Waals surface area contributed by atoms with Gasteiger partial charge in [0.2, 0.25) is 23.6 Å². The van der Waals surface area contributed by atoms with Crippen molar-refractivity contribution in [3.05, 3.63) is 0 Å². The molecule has 11 heteroatoms. The van der Waals surface area contributed by atoms with Crippen LogP contribution in [-0.4, -0.2) is 74.4 Å². The van der Waals surface area contributed by atoms with Crippen molar-refractivity contribution in [2.24, 2.45) is 0 Å². The van der Waals surface area contributed by atoms with Crippen molar-refractivity contribution in [2.75, 3.05) is 38.8 Å². The minimum Gasteiger partial charge on any atom is -0.468 e. The molecule has 0 aliphatic rings. The first-order valence-corrected chi connectivity index (χ1v) is 9.83. The normalized spacial score (nSPS) is 10.4. The van der Waals surface area contributed by atoms with Gasteiger partial charge in [-0.3, -0.25) is 24.0 Å². The van der Waals surface area contributed by atoms with Crippen LogP contribution in [0.5, 0.6) is 0 Å². The molecule has 0 spiro atoms. The Balaban J connectivity index is 0. The van der Waals surface area contributed by atoms with Crippen LogP contribution in [0.3, 0.4) is 0 Å². The van der Waals surface area contributed by atoms with E-state index in [-0.39, 0.29) is 25.5 Å². The zero-order chi connectivity index (χ0) is 21.2. The predicted octanol–water partition coefficient (Wildman–Crippen LogP) is -1.21. The maximum atomic E-state index is 12.0. The number of hydrogen-bond acceptors (Lipinski definition) is 7. The highest BCUT2D eigenvalue weighted by Gasteiger charge is 2.19. The molecule has 27 heavy (non-hydrogen) atoms. The molecule has 0 radical (unpaired) electrons. The number of ether oxygens (including phenoxy) is 1. The second kappa shape index (κ2) is 17.1. The molecule has 4 N–H and O–H groups in total. The molecule has 0 saturated heterocycles. The summed E-state index contributed by atoms with van der Waals surface area (Å²) in [6, 6.07) is -0.721. The van der Waals surface area contributed by atoms with Crippen molar-refractivity contribution in [1.29, 1.82) is 0 Å². The van der Waals surface area contributed by atoms with E-state index in [1.807, 2.05) is 20.1 Å². The first-order chi connectivity index (χ1) is 12.8. The van der Waals surface area contributed by atoms with E-state index in [1.165, 1.54) is 25.8 Å². The summed E-state index contributed by atoms with van der Waals surface area (Å²) in [6.07, 6.45) is 2.31. The van der Waals surface area contributed by atoms with Crippen LogP contribution in [0.1, 0.15) is 27.2 Å². The molecular weight excluding hydrogens is 376 g/mol. The monoisotopic (exact) mass is 406 g/mol. The maximum absolute atomic E-state index is 12.0. The lowest BCUT2D eigenvalue weighted by Gasteiger charge is -2.17. The van der Waals surface area contributed by atoms with Gasteiger partial charge in [0.05, 0.1) is 20.2 Å².